The van der Waals surface area contributed by atoms with Crippen molar-refractivity contribution in [3.63, 3.8) is 0 Å². The van der Waals surface area contributed by atoms with Gasteiger partial charge in [0.1, 0.15) is 18.0 Å². The van der Waals surface area contributed by atoms with Gasteiger partial charge < -0.3 is 14.6 Å². The van der Waals surface area contributed by atoms with Crippen molar-refractivity contribution in [2.75, 3.05) is 11.4 Å². The van der Waals surface area contributed by atoms with Crippen LogP contribution in [0.15, 0.2) is 47.1 Å². The molecule has 26 heavy (non-hydrogen) atoms. The Hall–Kier alpha value is -3.09. The van der Waals surface area contributed by atoms with Gasteiger partial charge in [0.25, 0.3) is 5.91 Å². The fourth-order valence-corrected chi connectivity index (χ4v) is 3.74. The fraction of sp³-hybridized carbons (Fsp3) is 0.316. The molecule has 0 aliphatic carbocycles. The van der Waals surface area contributed by atoms with Crippen molar-refractivity contribution in [1.29, 1.82) is 0 Å². The predicted molar refractivity (Wildman–Crippen MR) is 93.2 cm³/mol. The Labute approximate surface area is 150 Å². The van der Waals surface area contributed by atoms with E-state index in [2.05, 4.69) is 5.32 Å². The normalized spacial score (nSPS) is 21.6. The van der Waals surface area contributed by atoms with E-state index in [9.17, 15) is 14.4 Å². The number of carbonyl (C=O) groups excluding carboxylic acids is 3. The molecule has 1 unspecified atom stereocenters. The zero-order chi connectivity index (χ0) is 18.3. The molecule has 2 aliphatic rings. The van der Waals surface area contributed by atoms with Gasteiger partial charge in [0.05, 0.1) is 24.1 Å². The fourth-order valence-electron chi connectivity index (χ4n) is 3.74. The lowest BCUT2D eigenvalue weighted by atomic mass is 9.98. The number of rotatable bonds is 4. The maximum absolute atomic E-state index is 13.0. The minimum Gasteiger partial charge on any atom is -0.467 e. The molecule has 0 radical (unpaired) electrons. The smallest absolute Gasteiger partial charge is 0.258 e. The van der Waals surface area contributed by atoms with Gasteiger partial charge in [0.2, 0.25) is 11.8 Å². The Morgan fingerprint density at radius 3 is 2.81 bits per heavy atom. The van der Waals surface area contributed by atoms with Crippen LogP contribution in [0.3, 0.4) is 0 Å². The standard InChI is InChI=1S/C19H19N3O4/c1-19-9-8-17(24)22(19)15-7-3-2-6-14(15)18(25)21(19)12-16(23)20-11-13-5-4-10-26-13/h2-7,10H,8-9,11-12H2,1H3,(H,20,23). The molecule has 134 valence electrons. The zero-order valence-electron chi connectivity index (χ0n) is 14.4. The van der Waals surface area contributed by atoms with E-state index in [1.54, 1.807) is 35.2 Å². The maximum atomic E-state index is 13.0. The van der Waals surface area contributed by atoms with Crippen molar-refractivity contribution in [3.05, 3.63) is 54.0 Å². The molecule has 3 heterocycles. The number of anilines is 1. The summed E-state index contributed by atoms with van der Waals surface area (Å²) < 4.78 is 5.20. The largest absolute Gasteiger partial charge is 0.467 e. The first-order chi connectivity index (χ1) is 12.5. The SMILES string of the molecule is CC12CCC(=O)N1c1ccccc1C(=O)N2CC(=O)NCc1ccco1. The van der Waals surface area contributed by atoms with E-state index in [1.165, 1.54) is 11.2 Å². The number of hydrogen-bond donors (Lipinski definition) is 1. The average molecular weight is 353 g/mol. The van der Waals surface area contributed by atoms with Crippen LogP contribution in [-0.2, 0) is 16.1 Å². The van der Waals surface area contributed by atoms with E-state index in [4.69, 9.17) is 4.42 Å². The van der Waals surface area contributed by atoms with Gasteiger partial charge in [-0.25, -0.2) is 0 Å². The summed E-state index contributed by atoms with van der Waals surface area (Å²) in [4.78, 5) is 41.1. The summed E-state index contributed by atoms with van der Waals surface area (Å²) in [5.41, 5.74) is 0.235. The number of carbonyl (C=O) groups is 3. The monoisotopic (exact) mass is 353 g/mol. The summed E-state index contributed by atoms with van der Waals surface area (Å²) in [5, 5.41) is 2.76. The lowest BCUT2D eigenvalue weighted by Crippen LogP contribution is -2.63. The first-order valence-corrected chi connectivity index (χ1v) is 8.54. The quantitative estimate of drug-likeness (QED) is 0.910. The average Bonchev–Trinajstić information content (AvgIpc) is 3.25. The molecule has 4 rings (SSSR count). The number of fused-ring (bicyclic) bond motifs is 3. The van der Waals surface area contributed by atoms with Crippen molar-refractivity contribution >= 4 is 23.4 Å². The molecule has 0 bridgehead atoms. The summed E-state index contributed by atoms with van der Waals surface area (Å²) in [5.74, 6) is 0.0721. The molecule has 2 aliphatic heterocycles. The molecule has 0 spiro atoms. The Morgan fingerprint density at radius 2 is 2.04 bits per heavy atom. The highest BCUT2D eigenvalue weighted by molar-refractivity contribution is 6.11. The number of hydrogen-bond acceptors (Lipinski definition) is 4. The lowest BCUT2D eigenvalue weighted by molar-refractivity contribution is -0.124. The van der Waals surface area contributed by atoms with E-state index in [0.29, 0.717) is 29.9 Å². The Kier molecular flexibility index (Phi) is 3.79. The Morgan fingerprint density at radius 1 is 1.23 bits per heavy atom. The Balaban J connectivity index is 1.60. The van der Waals surface area contributed by atoms with Crippen LogP contribution in [-0.4, -0.2) is 34.8 Å². The number of para-hydroxylation sites is 1. The van der Waals surface area contributed by atoms with Gasteiger partial charge in [0, 0.05) is 6.42 Å². The van der Waals surface area contributed by atoms with Gasteiger partial charge in [-0.3, -0.25) is 19.3 Å². The van der Waals surface area contributed by atoms with Crippen LogP contribution in [0.25, 0.3) is 0 Å². The van der Waals surface area contributed by atoms with Crippen molar-refractivity contribution in [2.45, 2.75) is 32.0 Å². The molecule has 7 nitrogen and oxygen atoms in total. The van der Waals surface area contributed by atoms with Crippen LogP contribution < -0.4 is 10.2 Å². The van der Waals surface area contributed by atoms with E-state index < -0.39 is 5.66 Å². The number of furan rings is 1. The highest BCUT2D eigenvalue weighted by Crippen LogP contribution is 2.43. The number of nitrogens with zero attached hydrogens (tertiary/aromatic N) is 2. The predicted octanol–water partition coefficient (Wildman–Crippen LogP) is 1.89. The highest BCUT2D eigenvalue weighted by atomic mass is 16.3. The summed E-state index contributed by atoms with van der Waals surface area (Å²) in [6.07, 6.45) is 2.38. The number of amides is 3. The van der Waals surface area contributed by atoms with Crippen LogP contribution >= 0.6 is 0 Å². The van der Waals surface area contributed by atoms with Gasteiger partial charge in [-0.05, 0) is 37.6 Å². The van der Waals surface area contributed by atoms with Gasteiger partial charge in [-0.2, -0.15) is 0 Å². The maximum Gasteiger partial charge on any atom is 0.258 e. The van der Waals surface area contributed by atoms with Crippen LogP contribution in [0.2, 0.25) is 0 Å². The first-order valence-electron chi connectivity index (χ1n) is 8.54. The number of benzene rings is 1. The third-order valence-electron chi connectivity index (χ3n) is 5.09. The molecule has 1 saturated heterocycles. The minimum absolute atomic E-state index is 0.0338. The minimum atomic E-state index is -0.829. The lowest BCUT2D eigenvalue weighted by Gasteiger charge is -2.48. The number of nitrogens with one attached hydrogen (secondary N) is 1. The van der Waals surface area contributed by atoms with E-state index in [-0.39, 0.29) is 30.8 Å². The third kappa shape index (κ3) is 2.47. The molecule has 1 atom stereocenters. The van der Waals surface area contributed by atoms with Crippen molar-refractivity contribution in [3.8, 4) is 0 Å². The second-order valence-corrected chi connectivity index (χ2v) is 6.71. The topological polar surface area (TPSA) is 82.9 Å². The molecule has 7 heteroatoms. The summed E-state index contributed by atoms with van der Waals surface area (Å²) in [6.45, 7) is 1.98. The van der Waals surface area contributed by atoms with E-state index >= 15 is 0 Å². The summed E-state index contributed by atoms with van der Waals surface area (Å²) >= 11 is 0. The second kappa shape index (κ2) is 6.01. The molecule has 1 aromatic carbocycles. The van der Waals surface area contributed by atoms with Crippen molar-refractivity contribution in [2.24, 2.45) is 0 Å². The van der Waals surface area contributed by atoms with Gasteiger partial charge in [-0.1, -0.05) is 12.1 Å². The molecule has 1 fully saturated rings. The van der Waals surface area contributed by atoms with Crippen LogP contribution in [0.1, 0.15) is 35.9 Å². The molecular weight excluding hydrogens is 334 g/mol. The molecular formula is C19H19N3O4. The van der Waals surface area contributed by atoms with Gasteiger partial charge >= 0.3 is 0 Å². The van der Waals surface area contributed by atoms with Gasteiger partial charge in [-0.15, -0.1) is 0 Å². The van der Waals surface area contributed by atoms with E-state index in [0.717, 1.165) is 0 Å². The van der Waals surface area contributed by atoms with Gasteiger partial charge in [0.15, 0.2) is 0 Å². The van der Waals surface area contributed by atoms with Crippen LogP contribution in [0.4, 0.5) is 5.69 Å². The summed E-state index contributed by atoms with van der Waals surface area (Å²) in [7, 11) is 0. The van der Waals surface area contributed by atoms with Crippen molar-refractivity contribution < 1.29 is 18.8 Å². The Bertz CT molecular complexity index is 877. The zero-order valence-corrected chi connectivity index (χ0v) is 14.4. The van der Waals surface area contributed by atoms with Crippen LogP contribution in [0.5, 0.6) is 0 Å². The summed E-state index contributed by atoms with van der Waals surface area (Å²) in [6, 6.07) is 10.6. The molecule has 1 aromatic heterocycles. The first kappa shape index (κ1) is 16.4. The molecule has 1 N–H and O–H groups in total. The van der Waals surface area contributed by atoms with Crippen molar-refractivity contribution in [1.82, 2.24) is 10.2 Å². The highest BCUT2D eigenvalue weighted by Gasteiger charge is 2.53. The van der Waals surface area contributed by atoms with E-state index in [1.807, 2.05) is 13.0 Å². The third-order valence-corrected chi connectivity index (χ3v) is 5.09. The second-order valence-electron chi connectivity index (χ2n) is 6.71. The molecule has 2 aromatic rings. The molecule has 0 saturated carbocycles. The molecule has 3 amide bonds. The van der Waals surface area contributed by atoms with Crippen LogP contribution in [0, 0.1) is 0 Å².